The quantitative estimate of drug-likeness (QED) is 0.574. The van der Waals surface area contributed by atoms with E-state index in [9.17, 15) is 10.2 Å². The highest BCUT2D eigenvalue weighted by Gasteiger charge is 2.12. The molecule has 1 aromatic carbocycles. The first kappa shape index (κ1) is 13.2. The van der Waals surface area contributed by atoms with E-state index >= 15 is 0 Å². The van der Waals surface area contributed by atoms with Gasteiger partial charge in [-0.15, -0.1) is 0 Å². The molecule has 2 aromatic rings. The summed E-state index contributed by atoms with van der Waals surface area (Å²) in [4.78, 5) is 0. The van der Waals surface area contributed by atoms with E-state index in [4.69, 9.17) is 4.42 Å². The number of hydrogen-bond acceptors (Lipinski definition) is 3. The van der Waals surface area contributed by atoms with E-state index < -0.39 is 0 Å². The van der Waals surface area contributed by atoms with Crippen molar-refractivity contribution in [2.45, 2.75) is 6.92 Å². The normalized spacial score (nSPS) is 12.1. The van der Waals surface area contributed by atoms with Crippen LogP contribution in [0.25, 0.3) is 17.0 Å². The van der Waals surface area contributed by atoms with Crippen molar-refractivity contribution in [3.8, 4) is 5.75 Å². The fraction of sp³-hybridized carbons (Fsp3) is 0.0769. The van der Waals surface area contributed by atoms with Crippen molar-refractivity contribution in [3.63, 3.8) is 0 Å². The lowest BCUT2D eigenvalue weighted by molar-refractivity contribution is 0.434. The molecule has 0 unspecified atom stereocenters. The Morgan fingerprint density at radius 3 is 2.72 bits per heavy atom. The van der Waals surface area contributed by atoms with Crippen LogP contribution >= 0.6 is 31.9 Å². The molecule has 0 bridgehead atoms. The number of aliphatic hydroxyl groups is 1. The first-order chi connectivity index (χ1) is 8.40. The molecule has 1 aromatic heterocycles. The molecule has 0 aliphatic carbocycles. The second-order valence-corrected chi connectivity index (χ2v) is 5.54. The highest BCUT2D eigenvalue weighted by atomic mass is 79.9. The number of aryl methyl sites for hydroxylation is 1. The molecule has 5 heteroatoms. The van der Waals surface area contributed by atoms with Crippen molar-refractivity contribution in [2.24, 2.45) is 0 Å². The topological polar surface area (TPSA) is 53.6 Å². The Labute approximate surface area is 121 Å². The maximum absolute atomic E-state index is 9.65. The second-order valence-electron chi connectivity index (χ2n) is 3.83. The molecule has 2 rings (SSSR count). The van der Waals surface area contributed by atoms with Gasteiger partial charge in [-0.2, -0.15) is 0 Å². The van der Waals surface area contributed by atoms with Gasteiger partial charge in [-0.1, -0.05) is 6.58 Å². The Kier molecular flexibility index (Phi) is 3.54. The predicted molar refractivity (Wildman–Crippen MR) is 79.0 cm³/mol. The Morgan fingerprint density at radius 1 is 1.44 bits per heavy atom. The van der Waals surface area contributed by atoms with Gasteiger partial charge in [-0.25, -0.2) is 0 Å². The number of phenolic OH excluding ortho intramolecular Hbond substituents is 1. The summed E-state index contributed by atoms with van der Waals surface area (Å²) in [7, 11) is 0. The standard InChI is InChI=1S/C13H10Br2O3/c1-6-8-3-11(17)10(15)5-13(8)18-12(6)4-9(14)7(2)16/h3-5,16-17H,2H2,1H3/b9-4+. The summed E-state index contributed by atoms with van der Waals surface area (Å²) in [6.45, 7) is 5.29. The molecule has 0 amide bonds. The summed E-state index contributed by atoms with van der Waals surface area (Å²) >= 11 is 6.43. The zero-order valence-corrected chi connectivity index (χ0v) is 12.7. The van der Waals surface area contributed by atoms with E-state index in [2.05, 4.69) is 38.4 Å². The van der Waals surface area contributed by atoms with Gasteiger partial charge in [0.15, 0.2) is 0 Å². The molecule has 0 fully saturated rings. The highest BCUT2D eigenvalue weighted by molar-refractivity contribution is 9.12. The van der Waals surface area contributed by atoms with Crippen molar-refractivity contribution in [3.05, 3.63) is 44.7 Å². The number of fused-ring (bicyclic) bond motifs is 1. The van der Waals surface area contributed by atoms with Gasteiger partial charge in [-0.3, -0.25) is 0 Å². The van der Waals surface area contributed by atoms with Crippen LogP contribution in [0, 0.1) is 6.92 Å². The zero-order chi connectivity index (χ0) is 13.4. The molecule has 18 heavy (non-hydrogen) atoms. The first-order valence-corrected chi connectivity index (χ1v) is 6.66. The van der Waals surface area contributed by atoms with Gasteiger partial charge in [0, 0.05) is 10.9 Å². The predicted octanol–water partition coefficient (Wildman–Crippen LogP) is 5.02. The third kappa shape index (κ3) is 2.33. The highest BCUT2D eigenvalue weighted by Crippen LogP contribution is 2.35. The van der Waals surface area contributed by atoms with E-state index in [1.165, 1.54) is 0 Å². The molecular formula is C13H10Br2O3. The number of furan rings is 1. The summed E-state index contributed by atoms with van der Waals surface area (Å²) in [6, 6.07) is 3.34. The van der Waals surface area contributed by atoms with Crippen LogP contribution in [0.5, 0.6) is 5.75 Å². The molecule has 0 radical (unpaired) electrons. The summed E-state index contributed by atoms with van der Waals surface area (Å²) in [5.41, 5.74) is 1.54. The van der Waals surface area contributed by atoms with Crippen LogP contribution in [0.15, 0.2) is 37.8 Å². The lowest BCUT2D eigenvalue weighted by atomic mass is 10.1. The van der Waals surface area contributed by atoms with E-state index in [1.54, 1.807) is 18.2 Å². The Balaban J connectivity index is 2.65. The van der Waals surface area contributed by atoms with Crippen molar-refractivity contribution in [2.75, 3.05) is 0 Å². The van der Waals surface area contributed by atoms with Crippen molar-refractivity contribution < 1.29 is 14.6 Å². The average Bonchev–Trinajstić information content (AvgIpc) is 2.57. The third-order valence-electron chi connectivity index (χ3n) is 2.58. The fourth-order valence-corrected chi connectivity index (χ4v) is 2.12. The Bertz CT molecular complexity index is 668. The fourth-order valence-electron chi connectivity index (χ4n) is 1.58. The summed E-state index contributed by atoms with van der Waals surface area (Å²) in [6.07, 6.45) is 1.64. The van der Waals surface area contributed by atoms with E-state index in [0.29, 0.717) is 20.3 Å². The van der Waals surface area contributed by atoms with Gasteiger partial charge in [-0.05, 0) is 57.0 Å². The first-order valence-electron chi connectivity index (χ1n) is 5.07. The molecule has 94 valence electrons. The summed E-state index contributed by atoms with van der Waals surface area (Å²) < 4.78 is 6.68. The van der Waals surface area contributed by atoms with Gasteiger partial charge < -0.3 is 14.6 Å². The van der Waals surface area contributed by atoms with E-state index in [-0.39, 0.29) is 11.5 Å². The molecule has 1 heterocycles. The van der Waals surface area contributed by atoms with Crippen LogP contribution < -0.4 is 0 Å². The number of halogens is 2. The van der Waals surface area contributed by atoms with Gasteiger partial charge in [0.05, 0.1) is 8.96 Å². The molecule has 0 aliphatic rings. The van der Waals surface area contributed by atoms with Crippen LogP contribution in [0.4, 0.5) is 0 Å². The molecule has 0 saturated heterocycles. The third-order valence-corrected chi connectivity index (χ3v) is 3.90. The zero-order valence-electron chi connectivity index (χ0n) is 9.50. The molecule has 0 atom stereocenters. The maximum Gasteiger partial charge on any atom is 0.136 e. The molecule has 0 aliphatic heterocycles. The number of allylic oxidation sites excluding steroid dienone is 1. The number of benzene rings is 1. The Hall–Kier alpha value is -1.20. The molecule has 0 spiro atoms. The number of aromatic hydroxyl groups is 1. The van der Waals surface area contributed by atoms with Gasteiger partial charge in [0.2, 0.25) is 0 Å². The lowest BCUT2D eigenvalue weighted by Crippen LogP contribution is -1.78. The number of phenols is 1. The van der Waals surface area contributed by atoms with Crippen LogP contribution in [0.2, 0.25) is 0 Å². The van der Waals surface area contributed by atoms with Gasteiger partial charge >= 0.3 is 0 Å². The maximum atomic E-state index is 9.65. The van der Waals surface area contributed by atoms with Gasteiger partial charge in [0.25, 0.3) is 0 Å². The van der Waals surface area contributed by atoms with Crippen LogP contribution in [0.3, 0.4) is 0 Å². The van der Waals surface area contributed by atoms with E-state index in [0.717, 1.165) is 10.9 Å². The minimum Gasteiger partial charge on any atom is -0.507 e. The van der Waals surface area contributed by atoms with E-state index in [1.807, 2.05) is 6.92 Å². The smallest absolute Gasteiger partial charge is 0.136 e. The van der Waals surface area contributed by atoms with Crippen molar-refractivity contribution in [1.82, 2.24) is 0 Å². The monoisotopic (exact) mass is 372 g/mol. The number of hydrogen-bond donors (Lipinski definition) is 2. The van der Waals surface area contributed by atoms with Crippen molar-refractivity contribution >= 4 is 48.9 Å². The van der Waals surface area contributed by atoms with Crippen molar-refractivity contribution in [1.29, 1.82) is 0 Å². The van der Waals surface area contributed by atoms with Crippen LogP contribution in [0.1, 0.15) is 11.3 Å². The van der Waals surface area contributed by atoms with Crippen LogP contribution in [-0.4, -0.2) is 10.2 Å². The Morgan fingerprint density at radius 2 is 2.11 bits per heavy atom. The SMILES string of the molecule is C=C(O)/C(Br)=C\c1oc2cc(Br)c(O)cc2c1C. The summed E-state index contributed by atoms with van der Waals surface area (Å²) in [5, 5.41) is 19.7. The molecule has 2 N–H and O–H groups in total. The number of aliphatic hydroxyl groups excluding tert-OH is 1. The minimum atomic E-state index is -0.0705. The van der Waals surface area contributed by atoms with Gasteiger partial charge in [0.1, 0.15) is 22.9 Å². The molecule has 0 saturated carbocycles. The average molecular weight is 374 g/mol. The minimum absolute atomic E-state index is 0.0705. The van der Waals surface area contributed by atoms with Crippen LogP contribution in [-0.2, 0) is 0 Å². The summed E-state index contributed by atoms with van der Waals surface area (Å²) in [5.74, 6) is 0.691. The number of rotatable bonds is 2. The second kappa shape index (κ2) is 4.82. The lowest BCUT2D eigenvalue weighted by Gasteiger charge is -1.95. The molecular weight excluding hydrogens is 364 g/mol. The molecule has 3 nitrogen and oxygen atoms in total. The largest absolute Gasteiger partial charge is 0.507 e.